The Morgan fingerprint density at radius 2 is 2.32 bits per heavy atom. The summed E-state index contributed by atoms with van der Waals surface area (Å²) in [5, 5.41) is 0. The van der Waals surface area contributed by atoms with Crippen LogP contribution in [0.1, 0.15) is 12.5 Å². The summed E-state index contributed by atoms with van der Waals surface area (Å²) in [6, 6.07) is 4.00. The maximum absolute atomic E-state index is 13.4. The minimum atomic E-state index is -1.39. The van der Waals surface area contributed by atoms with E-state index in [1.165, 1.54) is 23.1 Å². The molecule has 0 saturated carbocycles. The van der Waals surface area contributed by atoms with E-state index >= 15 is 0 Å². The van der Waals surface area contributed by atoms with Crippen LogP contribution in [-0.4, -0.2) is 31.6 Å². The zero-order valence-electron chi connectivity index (χ0n) is 10.5. The summed E-state index contributed by atoms with van der Waals surface area (Å²) in [4.78, 5) is 25.3. The van der Waals surface area contributed by atoms with E-state index < -0.39 is 23.5 Å². The first-order valence-electron chi connectivity index (χ1n) is 5.95. The van der Waals surface area contributed by atoms with Gasteiger partial charge in [-0.2, -0.15) is 0 Å². The Bertz CT molecular complexity index is 588. The molecule has 1 amide bonds. The number of carbonyl (C=O) groups excluding carboxylic acids is 2. The molecule has 0 aromatic heterocycles. The maximum Gasteiger partial charge on any atom is 0.339 e. The number of anilines is 1. The van der Waals surface area contributed by atoms with Crippen molar-refractivity contribution in [1.82, 2.24) is 0 Å². The molecule has 1 aromatic rings. The summed E-state index contributed by atoms with van der Waals surface area (Å²) >= 11 is 0. The van der Waals surface area contributed by atoms with Crippen LogP contribution in [0.15, 0.2) is 18.2 Å². The predicted octanol–water partition coefficient (Wildman–Crippen LogP) is 0.959. The highest BCUT2D eigenvalue weighted by Crippen LogP contribution is 2.55. The van der Waals surface area contributed by atoms with Gasteiger partial charge in [0.1, 0.15) is 5.82 Å². The number of amides is 1. The number of nitrogens with zero attached hydrogens (tertiary/aromatic N) is 1. The predicted molar refractivity (Wildman–Crippen MR) is 63.0 cm³/mol. The van der Waals surface area contributed by atoms with Crippen LogP contribution in [-0.2, 0) is 24.7 Å². The Morgan fingerprint density at radius 1 is 1.58 bits per heavy atom. The Balaban J connectivity index is 2.04. The molecule has 3 rings (SSSR count). The molecule has 0 bridgehead atoms. The van der Waals surface area contributed by atoms with Crippen LogP contribution in [0.2, 0.25) is 0 Å². The molecule has 2 heterocycles. The van der Waals surface area contributed by atoms with Gasteiger partial charge >= 0.3 is 5.97 Å². The largest absolute Gasteiger partial charge is 0.464 e. The van der Waals surface area contributed by atoms with Gasteiger partial charge in [0.15, 0.2) is 6.10 Å². The number of hydrogen-bond acceptors (Lipinski definition) is 4. The molecular formula is C13H12FNO4. The third-order valence-electron chi connectivity index (χ3n) is 3.46. The highest BCUT2D eigenvalue weighted by molar-refractivity contribution is 6.12. The van der Waals surface area contributed by atoms with Crippen molar-refractivity contribution in [2.45, 2.75) is 18.6 Å². The van der Waals surface area contributed by atoms with Crippen LogP contribution >= 0.6 is 0 Å². The Hall–Kier alpha value is -1.95. The molecule has 19 heavy (non-hydrogen) atoms. The Kier molecular flexibility index (Phi) is 2.40. The maximum atomic E-state index is 13.4. The second-order valence-electron chi connectivity index (χ2n) is 4.51. The number of hydrogen-bond donors (Lipinski definition) is 0. The quantitative estimate of drug-likeness (QED) is 0.590. The number of likely N-dealkylation sites (N-methyl/N-ethyl adjacent to an activating group) is 1. The minimum Gasteiger partial charge on any atom is -0.464 e. The van der Waals surface area contributed by atoms with Gasteiger partial charge in [0.2, 0.25) is 5.60 Å². The van der Waals surface area contributed by atoms with Crippen LogP contribution in [0.25, 0.3) is 0 Å². The van der Waals surface area contributed by atoms with Crippen molar-refractivity contribution in [3.63, 3.8) is 0 Å². The fourth-order valence-corrected chi connectivity index (χ4v) is 2.52. The fraction of sp³-hybridized carbons (Fsp3) is 0.385. The lowest BCUT2D eigenvalue weighted by Crippen LogP contribution is -2.33. The topological polar surface area (TPSA) is 59.1 Å². The summed E-state index contributed by atoms with van der Waals surface area (Å²) in [6.07, 6.45) is -0.981. The van der Waals surface area contributed by atoms with Crippen LogP contribution < -0.4 is 4.90 Å². The average Bonchev–Trinajstić information content (AvgIpc) is 3.10. The third kappa shape index (κ3) is 1.43. The summed E-state index contributed by atoms with van der Waals surface area (Å²) in [7, 11) is 1.57. The molecule has 6 heteroatoms. The number of esters is 1. The van der Waals surface area contributed by atoms with E-state index in [1.807, 2.05) is 0 Å². The van der Waals surface area contributed by atoms with Crippen molar-refractivity contribution in [2.75, 3.05) is 18.6 Å². The number of carbonyl (C=O) groups is 2. The molecule has 1 fully saturated rings. The number of rotatable bonds is 2. The first-order valence-corrected chi connectivity index (χ1v) is 5.95. The average molecular weight is 265 g/mol. The highest BCUT2D eigenvalue weighted by atomic mass is 19.1. The molecule has 100 valence electrons. The number of epoxide rings is 1. The molecule has 0 N–H and O–H groups in total. The molecule has 1 aromatic carbocycles. The first kappa shape index (κ1) is 12.1. The van der Waals surface area contributed by atoms with E-state index in [-0.39, 0.29) is 12.5 Å². The van der Waals surface area contributed by atoms with Gasteiger partial charge in [-0.05, 0) is 25.1 Å². The van der Waals surface area contributed by atoms with Crippen LogP contribution in [0.3, 0.4) is 0 Å². The van der Waals surface area contributed by atoms with Crippen molar-refractivity contribution in [2.24, 2.45) is 0 Å². The molecule has 1 spiro atoms. The first-order chi connectivity index (χ1) is 9.02. The second kappa shape index (κ2) is 3.77. The lowest BCUT2D eigenvalue weighted by Gasteiger charge is -2.08. The molecule has 0 radical (unpaired) electrons. The summed E-state index contributed by atoms with van der Waals surface area (Å²) < 4.78 is 23.5. The monoisotopic (exact) mass is 265 g/mol. The van der Waals surface area contributed by atoms with E-state index in [1.54, 1.807) is 14.0 Å². The van der Waals surface area contributed by atoms with Gasteiger partial charge in [-0.15, -0.1) is 0 Å². The van der Waals surface area contributed by atoms with E-state index in [2.05, 4.69) is 0 Å². The summed E-state index contributed by atoms with van der Waals surface area (Å²) in [5.41, 5.74) is -0.449. The van der Waals surface area contributed by atoms with Crippen LogP contribution in [0, 0.1) is 5.82 Å². The van der Waals surface area contributed by atoms with Gasteiger partial charge in [0, 0.05) is 12.6 Å². The van der Waals surface area contributed by atoms with Crippen LogP contribution in [0.4, 0.5) is 10.1 Å². The summed E-state index contributed by atoms with van der Waals surface area (Å²) in [6.45, 7) is 1.87. The van der Waals surface area contributed by atoms with Gasteiger partial charge < -0.3 is 14.4 Å². The molecule has 0 unspecified atom stereocenters. The zero-order valence-corrected chi connectivity index (χ0v) is 10.5. The van der Waals surface area contributed by atoms with Gasteiger partial charge in [-0.3, -0.25) is 4.79 Å². The fourth-order valence-electron chi connectivity index (χ4n) is 2.52. The van der Waals surface area contributed by atoms with E-state index in [9.17, 15) is 14.0 Å². The summed E-state index contributed by atoms with van der Waals surface area (Å²) in [5.74, 6) is -1.44. The van der Waals surface area contributed by atoms with Crippen molar-refractivity contribution < 1.29 is 23.5 Å². The number of ether oxygens (including phenoxy) is 2. The van der Waals surface area contributed by atoms with Gasteiger partial charge in [0.25, 0.3) is 5.91 Å². The highest BCUT2D eigenvalue weighted by Gasteiger charge is 2.73. The van der Waals surface area contributed by atoms with E-state index in [4.69, 9.17) is 9.47 Å². The number of halogens is 1. The molecule has 0 aliphatic carbocycles. The van der Waals surface area contributed by atoms with E-state index in [0.717, 1.165) is 0 Å². The van der Waals surface area contributed by atoms with Crippen LogP contribution in [0.5, 0.6) is 0 Å². The van der Waals surface area contributed by atoms with Crippen molar-refractivity contribution in [3.05, 3.63) is 29.6 Å². The lowest BCUT2D eigenvalue weighted by molar-refractivity contribution is -0.144. The minimum absolute atomic E-state index is 0.203. The van der Waals surface area contributed by atoms with Crippen molar-refractivity contribution in [3.8, 4) is 0 Å². The molecule has 2 atom stereocenters. The smallest absolute Gasteiger partial charge is 0.339 e. The molecule has 5 nitrogen and oxygen atoms in total. The SMILES string of the molecule is CCOC(=O)[C@@H]1O[C@@]12C(=O)N(C)c1ccc(F)cc12. The molecule has 2 aliphatic heterocycles. The molecule has 1 saturated heterocycles. The third-order valence-corrected chi connectivity index (χ3v) is 3.46. The lowest BCUT2D eigenvalue weighted by atomic mass is 9.96. The Morgan fingerprint density at radius 3 is 3.00 bits per heavy atom. The van der Waals surface area contributed by atoms with E-state index in [0.29, 0.717) is 11.3 Å². The van der Waals surface area contributed by atoms with Gasteiger partial charge in [0.05, 0.1) is 12.3 Å². The molecule has 2 aliphatic rings. The van der Waals surface area contributed by atoms with Crippen molar-refractivity contribution >= 4 is 17.6 Å². The zero-order chi connectivity index (χ0) is 13.8. The van der Waals surface area contributed by atoms with Gasteiger partial charge in [-0.1, -0.05) is 0 Å². The van der Waals surface area contributed by atoms with Gasteiger partial charge in [-0.25, -0.2) is 9.18 Å². The standard InChI is InChI=1S/C13H12FNO4/c1-3-18-11(16)10-13(19-10)8-6-7(14)4-5-9(8)15(2)12(13)17/h4-6,10H,3H2,1-2H3/t10-,13+/m0/s1. The van der Waals surface area contributed by atoms with Crippen molar-refractivity contribution in [1.29, 1.82) is 0 Å². The molecular weight excluding hydrogens is 253 g/mol. The number of fused-ring (bicyclic) bond motifs is 2. The number of benzene rings is 1. The normalized spacial score (nSPS) is 27.6. The Labute approximate surface area is 108 Å². The second-order valence-corrected chi connectivity index (χ2v) is 4.51.